The number of hydrogen-bond donors (Lipinski definition) is 1. The quantitative estimate of drug-likeness (QED) is 0.687. The van der Waals surface area contributed by atoms with E-state index in [0.29, 0.717) is 17.4 Å². The van der Waals surface area contributed by atoms with Gasteiger partial charge in [0.1, 0.15) is 0 Å². The smallest absolute Gasteiger partial charge is 0.0621 e. The van der Waals surface area contributed by atoms with Crippen LogP contribution in [-0.2, 0) is 4.74 Å². The van der Waals surface area contributed by atoms with Crippen LogP contribution in [-0.4, -0.2) is 19.3 Å². The van der Waals surface area contributed by atoms with Gasteiger partial charge in [0.2, 0.25) is 0 Å². The molecule has 2 unspecified atom stereocenters. The van der Waals surface area contributed by atoms with Crippen molar-refractivity contribution >= 4 is 0 Å². The molecule has 2 heteroatoms. The van der Waals surface area contributed by atoms with Gasteiger partial charge in [0.15, 0.2) is 0 Å². The molecule has 0 radical (unpaired) electrons. The Morgan fingerprint density at radius 1 is 1.42 bits per heavy atom. The molecular weight excluding hydrogens is 150 g/mol. The number of ether oxygens (including phenoxy) is 1. The lowest BCUT2D eigenvalue weighted by Gasteiger charge is -2.25. The van der Waals surface area contributed by atoms with Crippen LogP contribution in [0.3, 0.4) is 0 Å². The largest absolute Gasteiger partial charge is 0.378 e. The molecule has 1 heterocycles. The maximum Gasteiger partial charge on any atom is 0.0621 e. The van der Waals surface area contributed by atoms with Gasteiger partial charge in [-0.25, -0.2) is 0 Å². The second-order valence-electron chi connectivity index (χ2n) is 4.96. The van der Waals surface area contributed by atoms with Gasteiger partial charge in [-0.3, -0.25) is 0 Å². The van der Waals surface area contributed by atoms with Crippen LogP contribution in [0.25, 0.3) is 0 Å². The highest BCUT2D eigenvalue weighted by Crippen LogP contribution is 2.30. The average molecular weight is 171 g/mol. The van der Waals surface area contributed by atoms with E-state index < -0.39 is 0 Å². The van der Waals surface area contributed by atoms with Crippen molar-refractivity contribution in [1.29, 1.82) is 0 Å². The van der Waals surface area contributed by atoms with Gasteiger partial charge < -0.3 is 10.5 Å². The lowest BCUT2D eigenvalue weighted by atomic mass is 9.85. The summed E-state index contributed by atoms with van der Waals surface area (Å²) in [6.45, 7) is 8.44. The van der Waals surface area contributed by atoms with E-state index in [1.807, 2.05) is 0 Å². The van der Waals surface area contributed by atoms with Crippen molar-refractivity contribution in [3.63, 3.8) is 0 Å². The van der Waals surface area contributed by atoms with Gasteiger partial charge in [-0.15, -0.1) is 0 Å². The first-order chi connectivity index (χ1) is 5.53. The van der Waals surface area contributed by atoms with Crippen molar-refractivity contribution in [2.24, 2.45) is 17.1 Å². The maximum absolute atomic E-state index is 5.66. The molecule has 1 saturated heterocycles. The van der Waals surface area contributed by atoms with E-state index in [2.05, 4.69) is 20.8 Å². The van der Waals surface area contributed by atoms with Crippen LogP contribution < -0.4 is 5.73 Å². The monoisotopic (exact) mass is 171 g/mol. The molecule has 1 fully saturated rings. The van der Waals surface area contributed by atoms with Crippen molar-refractivity contribution in [2.45, 2.75) is 39.7 Å². The van der Waals surface area contributed by atoms with Gasteiger partial charge in [0.25, 0.3) is 0 Å². The molecule has 1 aliphatic rings. The summed E-state index contributed by atoms with van der Waals surface area (Å²) >= 11 is 0. The van der Waals surface area contributed by atoms with Crippen LogP contribution >= 0.6 is 0 Å². The maximum atomic E-state index is 5.66. The normalized spacial score (nSPS) is 31.0. The zero-order chi connectivity index (χ0) is 9.19. The molecule has 0 aromatic rings. The highest BCUT2D eigenvalue weighted by molar-refractivity contribution is 4.80. The molecule has 0 saturated carbocycles. The van der Waals surface area contributed by atoms with E-state index in [4.69, 9.17) is 10.5 Å². The van der Waals surface area contributed by atoms with Crippen molar-refractivity contribution in [2.75, 3.05) is 13.2 Å². The van der Waals surface area contributed by atoms with E-state index in [-0.39, 0.29) is 0 Å². The van der Waals surface area contributed by atoms with Crippen LogP contribution in [0.1, 0.15) is 33.6 Å². The Morgan fingerprint density at radius 3 is 2.58 bits per heavy atom. The Labute approximate surface area is 75.5 Å². The summed E-state index contributed by atoms with van der Waals surface area (Å²) < 4.78 is 5.65. The second-order valence-corrected chi connectivity index (χ2v) is 4.96. The van der Waals surface area contributed by atoms with E-state index in [1.54, 1.807) is 0 Å². The number of hydrogen-bond acceptors (Lipinski definition) is 2. The van der Waals surface area contributed by atoms with Crippen LogP contribution in [0, 0.1) is 11.3 Å². The van der Waals surface area contributed by atoms with Crippen molar-refractivity contribution < 1.29 is 4.74 Å². The molecular formula is C10H21NO. The third kappa shape index (κ3) is 2.76. The molecule has 0 aromatic carbocycles. The fourth-order valence-electron chi connectivity index (χ4n) is 1.79. The predicted molar refractivity (Wildman–Crippen MR) is 51.0 cm³/mol. The molecule has 2 N–H and O–H groups in total. The minimum atomic E-state index is 0.364. The van der Waals surface area contributed by atoms with Crippen LogP contribution in [0.4, 0.5) is 0 Å². The molecule has 0 aromatic heterocycles. The van der Waals surface area contributed by atoms with Crippen LogP contribution in [0.5, 0.6) is 0 Å². The Hall–Kier alpha value is -0.0800. The summed E-state index contributed by atoms with van der Waals surface area (Å²) in [6.07, 6.45) is 2.70. The van der Waals surface area contributed by atoms with Gasteiger partial charge in [0, 0.05) is 6.61 Å². The van der Waals surface area contributed by atoms with E-state index >= 15 is 0 Å². The first-order valence-corrected chi connectivity index (χ1v) is 4.84. The molecule has 0 spiro atoms. The van der Waals surface area contributed by atoms with Crippen molar-refractivity contribution in [1.82, 2.24) is 0 Å². The van der Waals surface area contributed by atoms with Gasteiger partial charge in [-0.05, 0) is 30.7 Å². The fourth-order valence-corrected chi connectivity index (χ4v) is 1.79. The topological polar surface area (TPSA) is 35.2 Å². The minimum Gasteiger partial charge on any atom is -0.378 e. The molecule has 0 aliphatic carbocycles. The standard InChI is InChI=1S/C10H21NO/c1-10(2,3)6-9-8(7-11)4-5-12-9/h8-9H,4-7,11H2,1-3H3. The summed E-state index contributed by atoms with van der Waals surface area (Å²) in [5.74, 6) is 0.601. The second kappa shape index (κ2) is 3.75. The van der Waals surface area contributed by atoms with E-state index in [9.17, 15) is 0 Å². The Kier molecular flexibility index (Phi) is 3.13. The van der Waals surface area contributed by atoms with Crippen molar-refractivity contribution in [3.8, 4) is 0 Å². The molecule has 72 valence electrons. The highest BCUT2D eigenvalue weighted by atomic mass is 16.5. The summed E-state index contributed by atoms with van der Waals surface area (Å²) in [7, 11) is 0. The Morgan fingerprint density at radius 2 is 2.08 bits per heavy atom. The van der Waals surface area contributed by atoms with Crippen LogP contribution in [0.15, 0.2) is 0 Å². The van der Waals surface area contributed by atoms with Gasteiger partial charge in [-0.2, -0.15) is 0 Å². The van der Waals surface area contributed by atoms with E-state index in [0.717, 1.165) is 26.0 Å². The van der Waals surface area contributed by atoms with Gasteiger partial charge >= 0.3 is 0 Å². The molecule has 2 atom stereocenters. The number of rotatable bonds is 2. The van der Waals surface area contributed by atoms with Gasteiger partial charge in [0.05, 0.1) is 6.10 Å². The lowest BCUT2D eigenvalue weighted by Crippen LogP contribution is -2.27. The zero-order valence-electron chi connectivity index (χ0n) is 8.47. The first-order valence-electron chi connectivity index (χ1n) is 4.84. The summed E-state index contributed by atoms with van der Waals surface area (Å²) in [5.41, 5.74) is 6.03. The summed E-state index contributed by atoms with van der Waals surface area (Å²) in [4.78, 5) is 0. The third-order valence-corrected chi connectivity index (χ3v) is 2.46. The van der Waals surface area contributed by atoms with Crippen LogP contribution in [0.2, 0.25) is 0 Å². The van der Waals surface area contributed by atoms with Crippen molar-refractivity contribution in [3.05, 3.63) is 0 Å². The number of nitrogens with two attached hydrogens (primary N) is 1. The lowest BCUT2D eigenvalue weighted by molar-refractivity contribution is 0.0576. The summed E-state index contributed by atoms with van der Waals surface area (Å²) in [6, 6.07) is 0. The predicted octanol–water partition coefficient (Wildman–Crippen LogP) is 1.79. The Bertz CT molecular complexity index is 139. The van der Waals surface area contributed by atoms with E-state index in [1.165, 1.54) is 0 Å². The highest BCUT2D eigenvalue weighted by Gasteiger charge is 2.30. The Balaban J connectivity index is 2.41. The third-order valence-electron chi connectivity index (χ3n) is 2.46. The molecule has 0 amide bonds. The zero-order valence-corrected chi connectivity index (χ0v) is 8.47. The molecule has 1 rings (SSSR count). The first kappa shape index (κ1) is 10.0. The van der Waals surface area contributed by atoms with Gasteiger partial charge in [-0.1, -0.05) is 20.8 Å². The molecule has 0 bridgehead atoms. The summed E-state index contributed by atoms with van der Waals surface area (Å²) in [5, 5.41) is 0. The molecule has 1 aliphatic heterocycles. The SMILES string of the molecule is CC(C)(C)CC1OCCC1CN. The fraction of sp³-hybridized carbons (Fsp3) is 1.00. The minimum absolute atomic E-state index is 0.364. The average Bonchev–Trinajstić information content (AvgIpc) is 2.31. The molecule has 2 nitrogen and oxygen atoms in total. The molecule has 12 heavy (non-hydrogen) atoms.